The van der Waals surface area contributed by atoms with Crippen LogP contribution in [0.4, 0.5) is 0 Å². The second-order valence-corrected chi connectivity index (χ2v) is 4.83. The van der Waals surface area contributed by atoms with E-state index >= 15 is 0 Å². The van der Waals surface area contributed by atoms with Crippen molar-refractivity contribution in [2.24, 2.45) is 0 Å². The van der Waals surface area contributed by atoms with E-state index in [0.717, 1.165) is 6.42 Å². The highest BCUT2D eigenvalue weighted by atomic mass is 16.6. The van der Waals surface area contributed by atoms with Gasteiger partial charge in [-0.1, -0.05) is 0 Å². The van der Waals surface area contributed by atoms with Crippen LogP contribution in [0.1, 0.15) is 34.1 Å². The number of hydrogen-bond donors (Lipinski definition) is 0. The smallest absolute Gasteiger partial charge is 0.139 e. The minimum Gasteiger partial charge on any atom is -0.379 e. The van der Waals surface area contributed by atoms with Crippen LogP contribution in [0.15, 0.2) is 0 Å². The normalized spacial score (nSPS) is 31.7. The molecule has 15 heavy (non-hydrogen) atoms. The minimum atomic E-state index is 0.102. The Hall–Kier alpha value is -0.0551. The maximum absolute atomic E-state index is 5.82. The summed E-state index contributed by atoms with van der Waals surface area (Å²) in [5.74, 6) is 0. The average molecular weight is 214 g/mol. The zero-order valence-corrected chi connectivity index (χ0v) is 10.5. The van der Waals surface area contributed by atoms with Gasteiger partial charge in [-0.3, -0.25) is 0 Å². The SMILES string of the molecule is BC1CC(OC(C)C)C(COC(C)C)O1. The van der Waals surface area contributed by atoms with Crippen LogP contribution < -0.4 is 0 Å². The first-order chi connectivity index (χ1) is 6.99. The lowest BCUT2D eigenvalue weighted by Gasteiger charge is -2.22. The van der Waals surface area contributed by atoms with E-state index in [4.69, 9.17) is 14.2 Å². The van der Waals surface area contributed by atoms with Crippen molar-refractivity contribution in [2.75, 3.05) is 6.61 Å². The van der Waals surface area contributed by atoms with Gasteiger partial charge in [0.2, 0.25) is 0 Å². The Morgan fingerprint density at radius 1 is 1.27 bits per heavy atom. The fraction of sp³-hybridized carbons (Fsp3) is 1.00. The van der Waals surface area contributed by atoms with Crippen molar-refractivity contribution >= 4 is 7.85 Å². The van der Waals surface area contributed by atoms with Gasteiger partial charge in [0.15, 0.2) is 0 Å². The second kappa shape index (κ2) is 5.87. The Kier molecular flexibility index (Phi) is 5.10. The standard InChI is InChI=1S/C11H23BO3/c1-7(2)13-6-10-9(14-8(3)4)5-11(12)15-10/h7-11H,5-6,12H2,1-4H3. The monoisotopic (exact) mass is 214 g/mol. The lowest BCUT2D eigenvalue weighted by molar-refractivity contribution is -0.0807. The average Bonchev–Trinajstić information content (AvgIpc) is 2.41. The van der Waals surface area contributed by atoms with Crippen LogP contribution in [0, 0.1) is 0 Å². The molecule has 0 spiro atoms. The highest BCUT2D eigenvalue weighted by Gasteiger charge is 2.34. The van der Waals surface area contributed by atoms with Gasteiger partial charge in [0.05, 0.1) is 24.9 Å². The quantitative estimate of drug-likeness (QED) is 0.638. The molecule has 1 saturated heterocycles. The van der Waals surface area contributed by atoms with Crippen LogP contribution in [0.3, 0.4) is 0 Å². The van der Waals surface area contributed by atoms with E-state index in [-0.39, 0.29) is 30.4 Å². The van der Waals surface area contributed by atoms with Crippen molar-refractivity contribution < 1.29 is 14.2 Å². The number of ether oxygens (including phenoxy) is 3. The molecule has 4 heteroatoms. The first-order valence-electron chi connectivity index (χ1n) is 5.91. The second-order valence-electron chi connectivity index (χ2n) is 4.83. The molecule has 1 fully saturated rings. The maximum Gasteiger partial charge on any atom is 0.139 e. The predicted octanol–water partition coefficient (Wildman–Crippen LogP) is 0.953. The molecule has 3 atom stereocenters. The highest BCUT2D eigenvalue weighted by Crippen LogP contribution is 2.23. The summed E-state index contributed by atoms with van der Waals surface area (Å²) in [5, 5.41) is 0. The summed E-state index contributed by atoms with van der Waals surface area (Å²) in [5.41, 5.74) is 0. The molecule has 0 aliphatic carbocycles. The number of hydrogen-bond acceptors (Lipinski definition) is 3. The lowest BCUT2D eigenvalue weighted by atomic mass is 9.96. The Morgan fingerprint density at radius 2 is 1.93 bits per heavy atom. The summed E-state index contributed by atoms with van der Waals surface area (Å²) in [7, 11) is 2.09. The van der Waals surface area contributed by atoms with Gasteiger partial charge in [0.25, 0.3) is 0 Å². The Balaban J connectivity index is 2.38. The van der Waals surface area contributed by atoms with Crippen molar-refractivity contribution in [1.82, 2.24) is 0 Å². The van der Waals surface area contributed by atoms with E-state index in [9.17, 15) is 0 Å². The fourth-order valence-corrected chi connectivity index (χ4v) is 1.85. The van der Waals surface area contributed by atoms with E-state index in [1.165, 1.54) is 0 Å². The Labute approximate surface area is 93.9 Å². The minimum absolute atomic E-state index is 0.102. The third kappa shape index (κ3) is 4.54. The Morgan fingerprint density at radius 3 is 2.47 bits per heavy atom. The molecular weight excluding hydrogens is 191 g/mol. The van der Waals surface area contributed by atoms with Gasteiger partial charge < -0.3 is 14.2 Å². The molecule has 3 unspecified atom stereocenters. The van der Waals surface area contributed by atoms with Crippen molar-refractivity contribution in [3.8, 4) is 0 Å². The molecule has 1 aliphatic heterocycles. The molecule has 0 amide bonds. The van der Waals surface area contributed by atoms with Gasteiger partial charge in [-0.25, -0.2) is 0 Å². The molecule has 0 aromatic carbocycles. The molecule has 3 nitrogen and oxygen atoms in total. The van der Waals surface area contributed by atoms with Crippen LogP contribution in [0.5, 0.6) is 0 Å². The summed E-state index contributed by atoms with van der Waals surface area (Å²) in [6.45, 7) is 8.83. The van der Waals surface area contributed by atoms with E-state index in [2.05, 4.69) is 21.7 Å². The van der Waals surface area contributed by atoms with Gasteiger partial charge in [0, 0.05) is 6.00 Å². The summed E-state index contributed by atoms with van der Waals surface area (Å²) in [6, 6.07) is 0.287. The van der Waals surface area contributed by atoms with E-state index in [1.54, 1.807) is 0 Å². The Bertz CT molecular complexity index is 185. The molecule has 1 aliphatic rings. The number of rotatable bonds is 5. The van der Waals surface area contributed by atoms with Crippen molar-refractivity contribution in [3.63, 3.8) is 0 Å². The molecule has 0 aromatic rings. The van der Waals surface area contributed by atoms with E-state index in [1.807, 2.05) is 13.8 Å². The third-order valence-electron chi connectivity index (χ3n) is 2.43. The van der Waals surface area contributed by atoms with Crippen LogP contribution in [-0.2, 0) is 14.2 Å². The van der Waals surface area contributed by atoms with Gasteiger partial charge in [0.1, 0.15) is 14.0 Å². The predicted molar refractivity (Wildman–Crippen MR) is 62.9 cm³/mol. The summed E-state index contributed by atoms with van der Waals surface area (Å²) < 4.78 is 17.2. The molecule has 0 aromatic heterocycles. The van der Waals surface area contributed by atoms with Crippen LogP contribution in [0.2, 0.25) is 0 Å². The topological polar surface area (TPSA) is 27.7 Å². The van der Waals surface area contributed by atoms with E-state index in [0.29, 0.717) is 6.61 Å². The maximum atomic E-state index is 5.82. The van der Waals surface area contributed by atoms with E-state index < -0.39 is 0 Å². The molecule has 0 bridgehead atoms. The van der Waals surface area contributed by atoms with Crippen LogP contribution in [0.25, 0.3) is 0 Å². The van der Waals surface area contributed by atoms with Gasteiger partial charge in [-0.2, -0.15) is 0 Å². The van der Waals surface area contributed by atoms with Crippen molar-refractivity contribution in [3.05, 3.63) is 0 Å². The van der Waals surface area contributed by atoms with Gasteiger partial charge >= 0.3 is 0 Å². The molecule has 88 valence electrons. The largest absolute Gasteiger partial charge is 0.379 e. The zero-order valence-electron chi connectivity index (χ0n) is 10.5. The fourth-order valence-electron chi connectivity index (χ4n) is 1.85. The molecule has 0 N–H and O–H groups in total. The van der Waals surface area contributed by atoms with Gasteiger partial charge in [-0.05, 0) is 34.1 Å². The lowest BCUT2D eigenvalue weighted by Crippen LogP contribution is -2.32. The molecule has 0 radical (unpaired) electrons. The molecular formula is C11H23BO3. The summed E-state index contributed by atoms with van der Waals surface area (Å²) in [4.78, 5) is 0. The van der Waals surface area contributed by atoms with Crippen LogP contribution in [-0.4, -0.2) is 44.9 Å². The highest BCUT2D eigenvalue weighted by molar-refractivity contribution is 6.11. The van der Waals surface area contributed by atoms with Crippen LogP contribution >= 0.6 is 0 Å². The molecule has 1 heterocycles. The summed E-state index contributed by atoms with van der Waals surface area (Å²) in [6.07, 6.45) is 1.78. The molecule has 1 rings (SSSR count). The van der Waals surface area contributed by atoms with Crippen molar-refractivity contribution in [1.29, 1.82) is 0 Å². The first-order valence-corrected chi connectivity index (χ1v) is 5.91. The van der Waals surface area contributed by atoms with Crippen molar-refractivity contribution in [2.45, 2.75) is 64.5 Å². The first kappa shape index (κ1) is 13.0. The summed E-state index contributed by atoms with van der Waals surface area (Å²) >= 11 is 0. The molecule has 0 saturated carbocycles. The third-order valence-corrected chi connectivity index (χ3v) is 2.43. The zero-order chi connectivity index (χ0) is 11.4. The van der Waals surface area contributed by atoms with Gasteiger partial charge in [-0.15, -0.1) is 0 Å².